The summed E-state index contributed by atoms with van der Waals surface area (Å²) in [5.74, 6) is 1.04. The van der Waals surface area contributed by atoms with Crippen molar-refractivity contribution in [3.05, 3.63) is 54.5 Å². The molecule has 0 aliphatic carbocycles. The minimum atomic E-state index is 1.03. The van der Waals surface area contributed by atoms with Crippen molar-refractivity contribution in [1.82, 2.24) is 14.9 Å². The van der Waals surface area contributed by atoms with Crippen LogP contribution in [0.4, 0.5) is 5.82 Å². The monoisotopic (exact) mass is 254 g/mol. The molecule has 3 rings (SSSR count). The molecule has 0 unspecified atom stereocenters. The molecule has 2 heterocycles. The molecule has 0 atom stereocenters. The van der Waals surface area contributed by atoms with Gasteiger partial charge in [-0.25, -0.2) is 9.97 Å². The van der Waals surface area contributed by atoms with E-state index >= 15 is 0 Å². The first-order valence-electron chi connectivity index (χ1n) is 6.69. The van der Waals surface area contributed by atoms with Gasteiger partial charge in [-0.15, -0.1) is 0 Å². The smallest absolute Gasteiger partial charge is 0.131 e. The fraction of sp³-hybridized carbons (Fsp3) is 0.333. The Morgan fingerprint density at radius 3 is 2.42 bits per heavy atom. The molecule has 98 valence electrons. The van der Waals surface area contributed by atoms with Gasteiger partial charge in [0.25, 0.3) is 0 Å². The maximum Gasteiger partial charge on any atom is 0.131 e. The Labute approximate surface area is 113 Å². The third kappa shape index (κ3) is 3.09. The summed E-state index contributed by atoms with van der Waals surface area (Å²) in [6, 6.07) is 12.6. The van der Waals surface area contributed by atoms with E-state index in [2.05, 4.69) is 50.1 Å². The lowest BCUT2D eigenvalue weighted by molar-refractivity contribution is 0.249. The van der Waals surface area contributed by atoms with Crippen LogP contribution < -0.4 is 4.90 Å². The third-order valence-electron chi connectivity index (χ3n) is 3.51. The van der Waals surface area contributed by atoms with Crippen LogP contribution in [0.2, 0.25) is 0 Å². The summed E-state index contributed by atoms with van der Waals surface area (Å²) >= 11 is 0. The van der Waals surface area contributed by atoms with E-state index in [-0.39, 0.29) is 0 Å². The van der Waals surface area contributed by atoms with E-state index in [9.17, 15) is 0 Å². The van der Waals surface area contributed by atoms with Gasteiger partial charge in [0, 0.05) is 38.9 Å². The zero-order valence-electron chi connectivity index (χ0n) is 10.9. The number of piperazine rings is 1. The summed E-state index contributed by atoms with van der Waals surface area (Å²) in [6.45, 7) is 5.27. The quantitative estimate of drug-likeness (QED) is 0.836. The number of hydrogen-bond donors (Lipinski definition) is 0. The van der Waals surface area contributed by atoms with Crippen molar-refractivity contribution in [2.45, 2.75) is 6.54 Å². The summed E-state index contributed by atoms with van der Waals surface area (Å²) in [4.78, 5) is 13.1. The van der Waals surface area contributed by atoms with Gasteiger partial charge in [0.2, 0.25) is 0 Å². The predicted molar refractivity (Wildman–Crippen MR) is 76.0 cm³/mol. The molecule has 1 saturated heterocycles. The van der Waals surface area contributed by atoms with E-state index in [1.807, 2.05) is 6.07 Å². The van der Waals surface area contributed by atoms with Crippen LogP contribution in [0.25, 0.3) is 0 Å². The maximum absolute atomic E-state index is 4.31. The van der Waals surface area contributed by atoms with Crippen molar-refractivity contribution >= 4 is 5.82 Å². The second-order valence-corrected chi connectivity index (χ2v) is 4.82. The van der Waals surface area contributed by atoms with Gasteiger partial charge in [-0.1, -0.05) is 30.3 Å². The zero-order valence-corrected chi connectivity index (χ0v) is 10.9. The van der Waals surface area contributed by atoms with E-state index in [4.69, 9.17) is 0 Å². The molecule has 2 aromatic rings. The summed E-state index contributed by atoms with van der Waals surface area (Å²) in [7, 11) is 0. The Kier molecular flexibility index (Phi) is 3.70. The number of hydrogen-bond acceptors (Lipinski definition) is 4. The molecule has 0 spiro atoms. The Bertz CT molecular complexity index is 492. The average molecular weight is 254 g/mol. The molecule has 0 amide bonds. The lowest BCUT2D eigenvalue weighted by atomic mass is 10.2. The van der Waals surface area contributed by atoms with Crippen LogP contribution in [-0.2, 0) is 6.54 Å². The molecule has 0 saturated carbocycles. The highest BCUT2D eigenvalue weighted by Gasteiger charge is 2.17. The standard InChI is InChI=1S/C15H18N4/c1-2-4-14(5-3-1)12-18-8-10-19(11-9-18)15-6-7-16-13-17-15/h1-7,13H,8-12H2. The van der Waals surface area contributed by atoms with Gasteiger partial charge in [-0.05, 0) is 11.6 Å². The molecule has 19 heavy (non-hydrogen) atoms. The first-order chi connectivity index (χ1) is 9.42. The van der Waals surface area contributed by atoms with Crippen molar-refractivity contribution in [3.63, 3.8) is 0 Å². The predicted octanol–water partition coefficient (Wildman–Crippen LogP) is 1.80. The molecular weight excluding hydrogens is 236 g/mol. The van der Waals surface area contributed by atoms with Crippen LogP contribution in [0, 0.1) is 0 Å². The minimum absolute atomic E-state index is 1.03. The topological polar surface area (TPSA) is 32.3 Å². The lowest BCUT2D eigenvalue weighted by Gasteiger charge is -2.35. The van der Waals surface area contributed by atoms with Crippen molar-refractivity contribution < 1.29 is 0 Å². The second kappa shape index (κ2) is 5.80. The molecule has 1 aliphatic rings. The Balaban J connectivity index is 1.55. The normalized spacial score (nSPS) is 16.5. The molecule has 1 aromatic carbocycles. The molecule has 1 aliphatic heterocycles. The highest BCUT2D eigenvalue weighted by atomic mass is 15.3. The SMILES string of the molecule is c1ccc(CN2CCN(c3ccncn3)CC2)cc1. The Morgan fingerprint density at radius 2 is 1.74 bits per heavy atom. The van der Waals surface area contributed by atoms with Crippen molar-refractivity contribution in [2.24, 2.45) is 0 Å². The average Bonchev–Trinajstić information content (AvgIpc) is 2.50. The van der Waals surface area contributed by atoms with E-state index in [1.165, 1.54) is 5.56 Å². The molecular formula is C15H18N4. The second-order valence-electron chi connectivity index (χ2n) is 4.82. The van der Waals surface area contributed by atoms with Crippen LogP contribution in [0.1, 0.15) is 5.56 Å². The number of rotatable bonds is 3. The Morgan fingerprint density at radius 1 is 0.947 bits per heavy atom. The summed E-state index contributed by atoms with van der Waals surface area (Å²) in [6.07, 6.45) is 3.42. The molecule has 4 heteroatoms. The summed E-state index contributed by atoms with van der Waals surface area (Å²) in [5, 5.41) is 0. The fourth-order valence-corrected chi connectivity index (χ4v) is 2.45. The van der Waals surface area contributed by atoms with Gasteiger partial charge in [-0.2, -0.15) is 0 Å². The maximum atomic E-state index is 4.31. The van der Waals surface area contributed by atoms with Crippen LogP contribution in [0.15, 0.2) is 48.9 Å². The molecule has 0 radical (unpaired) electrons. The van der Waals surface area contributed by atoms with Gasteiger partial charge in [0.05, 0.1) is 0 Å². The highest BCUT2D eigenvalue weighted by Crippen LogP contribution is 2.13. The van der Waals surface area contributed by atoms with Crippen molar-refractivity contribution in [2.75, 3.05) is 31.1 Å². The number of nitrogens with zero attached hydrogens (tertiary/aromatic N) is 4. The first-order valence-corrected chi connectivity index (χ1v) is 6.69. The van der Waals surface area contributed by atoms with E-state index in [0.29, 0.717) is 0 Å². The van der Waals surface area contributed by atoms with Gasteiger partial charge in [0.15, 0.2) is 0 Å². The van der Waals surface area contributed by atoms with Crippen molar-refractivity contribution in [1.29, 1.82) is 0 Å². The number of benzene rings is 1. The largest absolute Gasteiger partial charge is 0.354 e. The molecule has 4 nitrogen and oxygen atoms in total. The molecule has 0 bridgehead atoms. The van der Waals surface area contributed by atoms with Crippen LogP contribution in [0.5, 0.6) is 0 Å². The zero-order chi connectivity index (χ0) is 12.9. The Hall–Kier alpha value is -1.94. The summed E-state index contributed by atoms with van der Waals surface area (Å²) in [5.41, 5.74) is 1.39. The highest BCUT2D eigenvalue weighted by molar-refractivity contribution is 5.37. The number of aromatic nitrogens is 2. The third-order valence-corrected chi connectivity index (χ3v) is 3.51. The molecule has 0 N–H and O–H groups in total. The van der Waals surface area contributed by atoms with Gasteiger partial charge >= 0.3 is 0 Å². The first kappa shape index (κ1) is 12.1. The van der Waals surface area contributed by atoms with E-state index in [0.717, 1.165) is 38.5 Å². The van der Waals surface area contributed by atoms with Crippen LogP contribution in [0.3, 0.4) is 0 Å². The van der Waals surface area contributed by atoms with Crippen molar-refractivity contribution in [3.8, 4) is 0 Å². The fourth-order valence-electron chi connectivity index (χ4n) is 2.45. The molecule has 1 aromatic heterocycles. The van der Waals surface area contributed by atoms with Crippen LogP contribution >= 0.6 is 0 Å². The molecule has 1 fully saturated rings. The number of anilines is 1. The minimum Gasteiger partial charge on any atom is -0.354 e. The van der Waals surface area contributed by atoms with E-state index in [1.54, 1.807) is 12.5 Å². The van der Waals surface area contributed by atoms with Gasteiger partial charge in [-0.3, -0.25) is 4.90 Å². The van der Waals surface area contributed by atoms with Gasteiger partial charge in [0.1, 0.15) is 12.1 Å². The lowest BCUT2D eigenvalue weighted by Crippen LogP contribution is -2.46. The van der Waals surface area contributed by atoms with E-state index < -0.39 is 0 Å². The summed E-state index contributed by atoms with van der Waals surface area (Å²) < 4.78 is 0. The van der Waals surface area contributed by atoms with Gasteiger partial charge < -0.3 is 4.90 Å². The van der Waals surface area contributed by atoms with Crippen LogP contribution in [-0.4, -0.2) is 41.0 Å².